The molecule has 0 bridgehead atoms. The molecule has 0 unspecified atom stereocenters. The van der Waals surface area contributed by atoms with Gasteiger partial charge in [0.1, 0.15) is 5.82 Å². The standard InChI is InChI=1S/C13H15Br2N3O/c1-13(2,3)10-8(15)11(16-4)18-12(17-10)9-7(14)5-6-19-9/h5-6H,1-4H3,(H,16,17,18). The molecule has 2 rings (SSSR count). The third-order valence-corrected chi connectivity index (χ3v) is 3.99. The molecule has 0 aliphatic carbocycles. The van der Waals surface area contributed by atoms with E-state index in [2.05, 4.69) is 67.9 Å². The van der Waals surface area contributed by atoms with Gasteiger partial charge in [0.05, 0.1) is 20.9 Å². The average molecular weight is 389 g/mol. The largest absolute Gasteiger partial charge is 0.460 e. The number of nitrogens with zero attached hydrogens (tertiary/aromatic N) is 2. The lowest BCUT2D eigenvalue weighted by Gasteiger charge is -2.21. The van der Waals surface area contributed by atoms with Crippen LogP contribution in [0.5, 0.6) is 0 Å². The fraction of sp³-hybridized carbons (Fsp3) is 0.385. The Balaban J connectivity index is 2.68. The molecule has 2 heterocycles. The Labute approximate surface area is 129 Å². The molecule has 0 aromatic carbocycles. The monoisotopic (exact) mass is 387 g/mol. The van der Waals surface area contributed by atoms with E-state index in [1.807, 2.05) is 13.1 Å². The summed E-state index contributed by atoms with van der Waals surface area (Å²) in [6, 6.07) is 1.83. The lowest BCUT2D eigenvalue weighted by atomic mass is 9.92. The number of hydrogen-bond acceptors (Lipinski definition) is 4. The molecule has 2 aromatic rings. The van der Waals surface area contributed by atoms with Crippen molar-refractivity contribution in [3.05, 3.63) is 27.0 Å². The molecule has 0 aliphatic heterocycles. The predicted octanol–water partition coefficient (Wildman–Crippen LogP) is 4.60. The summed E-state index contributed by atoms with van der Waals surface area (Å²) in [5.41, 5.74) is 0.839. The van der Waals surface area contributed by atoms with Crippen LogP contribution in [-0.4, -0.2) is 17.0 Å². The van der Waals surface area contributed by atoms with E-state index in [9.17, 15) is 0 Å². The lowest BCUT2D eigenvalue weighted by Crippen LogP contribution is -2.17. The second-order valence-corrected chi connectivity index (χ2v) is 6.80. The quantitative estimate of drug-likeness (QED) is 0.816. The zero-order valence-electron chi connectivity index (χ0n) is 11.2. The number of furan rings is 1. The molecule has 0 fully saturated rings. The first-order chi connectivity index (χ1) is 8.84. The maximum absolute atomic E-state index is 5.44. The Morgan fingerprint density at radius 2 is 1.89 bits per heavy atom. The first-order valence-electron chi connectivity index (χ1n) is 5.83. The highest BCUT2D eigenvalue weighted by atomic mass is 79.9. The van der Waals surface area contributed by atoms with Crippen LogP contribution in [0.2, 0.25) is 0 Å². The highest BCUT2D eigenvalue weighted by molar-refractivity contribution is 9.11. The maximum atomic E-state index is 5.44. The van der Waals surface area contributed by atoms with E-state index in [1.54, 1.807) is 6.26 Å². The molecule has 19 heavy (non-hydrogen) atoms. The Kier molecular flexibility index (Phi) is 4.01. The summed E-state index contributed by atoms with van der Waals surface area (Å²) in [6.07, 6.45) is 1.61. The van der Waals surface area contributed by atoms with Gasteiger partial charge >= 0.3 is 0 Å². The minimum atomic E-state index is -0.0960. The van der Waals surface area contributed by atoms with Crippen molar-refractivity contribution in [1.29, 1.82) is 0 Å². The zero-order valence-corrected chi connectivity index (χ0v) is 14.4. The molecule has 6 heteroatoms. The summed E-state index contributed by atoms with van der Waals surface area (Å²) < 4.78 is 7.17. The number of rotatable bonds is 2. The number of hydrogen-bond donors (Lipinski definition) is 1. The summed E-state index contributed by atoms with van der Waals surface area (Å²) in [6.45, 7) is 6.33. The van der Waals surface area contributed by atoms with Gasteiger partial charge in [-0.3, -0.25) is 0 Å². The number of anilines is 1. The topological polar surface area (TPSA) is 51.0 Å². The molecule has 1 N–H and O–H groups in total. The molecule has 2 aromatic heterocycles. The molecule has 0 aliphatic rings. The van der Waals surface area contributed by atoms with Crippen molar-refractivity contribution >= 4 is 37.7 Å². The van der Waals surface area contributed by atoms with Crippen LogP contribution in [-0.2, 0) is 5.41 Å². The predicted molar refractivity (Wildman–Crippen MR) is 83.4 cm³/mol. The van der Waals surface area contributed by atoms with Crippen molar-refractivity contribution in [3.63, 3.8) is 0 Å². The van der Waals surface area contributed by atoms with Crippen LogP contribution in [0.25, 0.3) is 11.6 Å². The lowest BCUT2D eigenvalue weighted by molar-refractivity contribution is 0.554. The maximum Gasteiger partial charge on any atom is 0.199 e. The highest BCUT2D eigenvalue weighted by Gasteiger charge is 2.24. The van der Waals surface area contributed by atoms with Gasteiger partial charge in [-0.05, 0) is 37.9 Å². The van der Waals surface area contributed by atoms with Gasteiger partial charge in [0.2, 0.25) is 0 Å². The molecule has 0 spiro atoms. The molecule has 4 nitrogen and oxygen atoms in total. The second-order valence-electron chi connectivity index (χ2n) is 5.16. The van der Waals surface area contributed by atoms with Gasteiger partial charge in [-0.25, -0.2) is 9.97 Å². The van der Waals surface area contributed by atoms with Crippen molar-refractivity contribution in [3.8, 4) is 11.6 Å². The summed E-state index contributed by atoms with van der Waals surface area (Å²) in [4.78, 5) is 9.11. The molecule has 102 valence electrons. The van der Waals surface area contributed by atoms with E-state index >= 15 is 0 Å². The number of aromatic nitrogens is 2. The van der Waals surface area contributed by atoms with Crippen molar-refractivity contribution in [2.24, 2.45) is 0 Å². The second kappa shape index (κ2) is 5.25. The first-order valence-corrected chi connectivity index (χ1v) is 7.42. The van der Waals surface area contributed by atoms with Crippen LogP contribution in [0.15, 0.2) is 25.7 Å². The van der Waals surface area contributed by atoms with Gasteiger partial charge < -0.3 is 9.73 Å². The van der Waals surface area contributed by atoms with Crippen LogP contribution in [0, 0.1) is 0 Å². The fourth-order valence-electron chi connectivity index (χ4n) is 1.66. The fourth-order valence-corrected chi connectivity index (χ4v) is 3.01. The minimum absolute atomic E-state index is 0.0960. The van der Waals surface area contributed by atoms with E-state index < -0.39 is 0 Å². The molecular formula is C13H15Br2N3O. The summed E-state index contributed by atoms with van der Waals surface area (Å²) in [5, 5.41) is 3.07. The molecule has 0 radical (unpaired) electrons. The minimum Gasteiger partial charge on any atom is -0.460 e. The highest BCUT2D eigenvalue weighted by Crippen LogP contribution is 2.35. The SMILES string of the molecule is CNc1nc(-c2occc2Br)nc(C(C)(C)C)c1Br. The van der Waals surface area contributed by atoms with Crippen molar-refractivity contribution in [2.45, 2.75) is 26.2 Å². The van der Waals surface area contributed by atoms with Crippen LogP contribution < -0.4 is 5.32 Å². The van der Waals surface area contributed by atoms with Crippen LogP contribution in [0.4, 0.5) is 5.82 Å². The average Bonchev–Trinajstić information content (AvgIpc) is 2.74. The number of halogens is 2. The summed E-state index contributed by atoms with van der Waals surface area (Å²) in [5.74, 6) is 1.95. The van der Waals surface area contributed by atoms with Crippen LogP contribution in [0.1, 0.15) is 26.5 Å². The van der Waals surface area contributed by atoms with Gasteiger partial charge in [-0.2, -0.15) is 0 Å². The molecular weight excluding hydrogens is 374 g/mol. The molecule has 0 saturated heterocycles. The van der Waals surface area contributed by atoms with E-state index in [1.165, 1.54) is 0 Å². The van der Waals surface area contributed by atoms with Gasteiger partial charge in [0.15, 0.2) is 11.6 Å². The first kappa shape index (κ1) is 14.5. The van der Waals surface area contributed by atoms with E-state index in [0.29, 0.717) is 11.6 Å². The molecule has 0 saturated carbocycles. The Bertz CT molecular complexity index is 602. The third-order valence-electron chi connectivity index (χ3n) is 2.62. The van der Waals surface area contributed by atoms with Crippen LogP contribution >= 0.6 is 31.9 Å². The van der Waals surface area contributed by atoms with E-state index in [-0.39, 0.29) is 5.41 Å². The van der Waals surface area contributed by atoms with Gasteiger partial charge in [-0.15, -0.1) is 0 Å². The van der Waals surface area contributed by atoms with Crippen molar-refractivity contribution in [1.82, 2.24) is 9.97 Å². The van der Waals surface area contributed by atoms with Crippen molar-refractivity contribution < 1.29 is 4.42 Å². The summed E-state index contributed by atoms with van der Waals surface area (Å²) in [7, 11) is 1.83. The Hall–Kier alpha value is -0.880. The Morgan fingerprint density at radius 3 is 2.37 bits per heavy atom. The summed E-state index contributed by atoms with van der Waals surface area (Å²) >= 11 is 7.00. The normalized spacial score (nSPS) is 11.7. The smallest absolute Gasteiger partial charge is 0.199 e. The Morgan fingerprint density at radius 1 is 1.21 bits per heavy atom. The number of nitrogens with one attached hydrogen (secondary N) is 1. The van der Waals surface area contributed by atoms with Crippen molar-refractivity contribution in [2.75, 3.05) is 12.4 Å². The van der Waals surface area contributed by atoms with E-state index in [0.717, 1.165) is 20.5 Å². The van der Waals surface area contributed by atoms with Crippen LogP contribution in [0.3, 0.4) is 0 Å². The molecule has 0 amide bonds. The zero-order chi connectivity index (χ0) is 14.2. The van der Waals surface area contributed by atoms with E-state index in [4.69, 9.17) is 4.42 Å². The third kappa shape index (κ3) is 2.84. The van der Waals surface area contributed by atoms with Gasteiger partial charge in [-0.1, -0.05) is 20.8 Å². The molecule has 0 atom stereocenters. The van der Waals surface area contributed by atoms with Gasteiger partial charge in [0, 0.05) is 12.5 Å². The van der Waals surface area contributed by atoms with Gasteiger partial charge in [0.25, 0.3) is 0 Å².